The van der Waals surface area contributed by atoms with Gasteiger partial charge in [-0.1, -0.05) is 13.8 Å². The molecule has 1 heterocycles. The molecule has 1 aromatic rings. The van der Waals surface area contributed by atoms with Crippen LogP contribution in [-0.2, 0) is 0 Å². The van der Waals surface area contributed by atoms with E-state index in [1.807, 2.05) is 26.2 Å². The predicted octanol–water partition coefficient (Wildman–Crippen LogP) is 2.88. The van der Waals surface area contributed by atoms with Gasteiger partial charge in [0.05, 0.1) is 0 Å². The van der Waals surface area contributed by atoms with E-state index in [-0.39, 0.29) is 0 Å². The molecule has 1 N–H and O–H groups in total. The molecule has 0 saturated carbocycles. The summed E-state index contributed by atoms with van der Waals surface area (Å²) in [4.78, 5) is 11.2. The number of aryl methyl sites for hydroxylation is 1. The molecule has 66 valence electrons. The lowest BCUT2D eigenvalue weighted by Gasteiger charge is -2.05. The molecule has 1 aromatic heterocycles. The van der Waals surface area contributed by atoms with Crippen LogP contribution in [0.3, 0.4) is 0 Å². The Bertz CT molecular complexity index is 299. The van der Waals surface area contributed by atoms with Crippen molar-refractivity contribution in [3.63, 3.8) is 0 Å². The normalized spacial score (nSPS) is 10.7. The average molecular weight is 184 g/mol. The number of carbonyl (C=O) groups is 1. The van der Waals surface area contributed by atoms with Crippen molar-refractivity contribution in [2.24, 2.45) is 0 Å². The Balaban J connectivity index is 3.21. The van der Waals surface area contributed by atoms with Gasteiger partial charge < -0.3 is 5.11 Å². The van der Waals surface area contributed by atoms with Gasteiger partial charge in [0.1, 0.15) is 4.88 Å². The van der Waals surface area contributed by atoms with Crippen molar-refractivity contribution < 1.29 is 9.90 Å². The second-order valence-electron chi connectivity index (χ2n) is 3.12. The van der Waals surface area contributed by atoms with Crippen LogP contribution in [-0.4, -0.2) is 11.1 Å². The van der Waals surface area contributed by atoms with Crippen LogP contribution >= 0.6 is 11.3 Å². The van der Waals surface area contributed by atoms with Crippen LogP contribution in [0, 0.1) is 6.92 Å². The summed E-state index contributed by atoms with van der Waals surface area (Å²) in [6, 6.07) is 0. The Morgan fingerprint density at radius 2 is 2.17 bits per heavy atom. The van der Waals surface area contributed by atoms with Gasteiger partial charge >= 0.3 is 5.97 Å². The molecular formula is C9H12O2S. The minimum absolute atomic E-state index is 0.294. The highest BCUT2D eigenvalue weighted by atomic mass is 32.1. The highest BCUT2D eigenvalue weighted by Gasteiger charge is 2.16. The highest BCUT2D eigenvalue weighted by molar-refractivity contribution is 7.12. The molecule has 0 unspecified atom stereocenters. The Labute approximate surface area is 75.9 Å². The first-order chi connectivity index (χ1) is 5.54. The molecule has 0 saturated heterocycles. The fraction of sp³-hybridized carbons (Fsp3) is 0.444. The van der Waals surface area contributed by atoms with Gasteiger partial charge in [0.2, 0.25) is 0 Å². The van der Waals surface area contributed by atoms with Crippen molar-refractivity contribution in [2.45, 2.75) is 26.7 Å². The van der Waals surface area contributed by atoms with Crippen molar-refractivity contribution in [3.8, 4) is 0 Å². The van der Waals surface area contributed by atoms with E-state index in [1.54, 1.807) is 0 Å². The quantitative estimate of drug-likeness (QED) is 0.767. The molecule has 0 aliphatic rings. The summed E-state index contributed by atoms with van der Waals surface area (Å²) in [7, 11) is 0. The molecule has 0 aliphatic heterocycles. The van der Waals surface area contributed by atoms with Crippen LogP contribution in [0.4, 0.5) is 0 Å². The maximum Gasteiger partial charge on any atom is 0.346 e. The van der Waals surface area contributed by atoms with Gasteiger partial charge in [-0.15, -0.1) is 11.3 Å². The van der Waals surface area contributed by atoms with Crippen LogP contribution in [0.2, 0.25) is 0 Å². The van der Waals surface area contributed by atoms with Gasteiger partial charge in [-0.3, -0.25) is 0 Å². The van der Waals surface area contributed by atoms with Gasteiger partial charge in [-0.25, -0.2) is 4.79 Å². The van der Waals surface area contributed by atoms with Crippen LogP contribution in [0.25, 0.3) is 0 Å². The minimum atomic E-state index is -0.809. The standard InChI is InChI=1S/C9H12O2S/c1-5(2)7-6(3)4-12-8(7)9(10)11/h4-5H,1-3H3,(H,10,11). The van der Waals surface area contributed by atoms with E-state index >= 15 is 0 Å². The highest BCUT2D eigenvalue weighted by Crippen LogP contribution is 2.28. The molecule has 12 heavy (non-hydrogen) atoms. The zero-order valence-electron chi connectivity index (χ0n) is 7.42. The van der Waals surface area contributed by atoms with Gasteiger partial charge in [0.25, 0.3) is 0 Å². The molecule has 0 spiro atoms. The summed E-state index contributed by atoms with van der Waals surface area (Å²) in [5.74, 6) is -0.515. The largest absolute Gasteiger partial charge is 0.477 e. The van der Waals surface area contributed by atoms with E-state index in [1.165, 1.54) is 11.3 Å². The van der Waals surface area contributed by atoms with Gasteiger partial charge in [0, 0.05) is 0 Å². The molecule has 0 radical (unpaired) electrons. The second-order valence-corrected chi connectivity index (χ2v) is 4.00. The number of rotatable bonds is 2. The molecule has 2 nitrogen and oxygen atoms in total. The number of carboxylic acid groups (broad SMARTS) is 1. The molecule has 0 aliphatic carbocycles. The molecule has 0 amide bonds. The van der Waals surface area contributed by atoms with Crippen molar-refractivity contribution in [2.75, 3.05) is 0 Å². The van der Waals surface area contributed by atoms with E-state index in [0.717, 1.165) is 11.1 Å². The summed E-state index contributed by atoms with van der Waals surface area (Å²) in [6.07, 6.45) is 0. The first kappa shape index (κ1) is 9.26. The molecular weight excluding hydrogens is 172 g/mol. The van der Waals surface area contributed by atoms with Gasteiger partial charge in [-0.05, 0) is 29.3 Å². The lowest BCUT2D eigenvalue weighted by molar-refractivity contribution is 0.0700. The third-order valence-corrected chi connectivity index (χ3v) is 2.90. The van der Waals surface area contributed by atoms with Crippen LogP contribution < -0.4 is 0 Å². The number of carboxylic acids is 1. The molecule has 0 aromatic carbocycles. The van der Waals surface area contributed by atoms with Crippen LogP contribution in [0.15, 0.2) is 5.38 Å². The lowest BCUT2D eigenvalue weighted by atomic mass is 10.0. The number of aromatic carboxylic acids is 1. The number of hydrogen-bond donors (Lipinski definition) is 1. The molecule has 0 fully saturated rings. The number of hydrogen-bond acceptors (Lipinski definition) is 2. The fourth-order valence-corrected chi connectivity index (χ4v) is 2.38. The van der Waals surface area contributed by atoms with Crippen LogP contribution in [0.5, 0.6) is 0 Å². The third kappa shape index (κ3) is 1.50. The third-order valence-electron chi connectivity index (χ3n) is 1.79. The minimum Gasteiger partial charge on any atom is -0.477 e. The van der Waals surface area contributed by atoms with Crippen molar-refractivity contribution in [1.82, 2.24) is 0 Å². The van der Waals surface area contributed by atoms with E-state index in [9.17, 15) is 4.79 Å². The molecule has 1 rings (SSSR count). The SMILES string of the molecule is Cc1csc(C(=O)O)c1C(C)C. The fourth-order valence-electron chi connectivity index (χ4n) is 1.34. The van der Waals surface area contributed by atoms with E-state index in [4.69, 9.17) is 5.11 Å². The van der Waals surface area contributed by atoms with Crippen molar-refractivity contribution in [3.05, 3.63) is 21.4 Å². The predicted molar refractivity (Wildman–Crippen MR) is 50.1 cm³/mol. The zero-order valence-corrected chi connectivity index (χ0v) is 8.23. The zero-order chi connectivity index (χ0) is 9.30. The molecule has 0 bridgehead atoms. The molecule has 3 heteroatoms. The van der Waals surface area contributed by atoms with E-state index in [2.05, 4.69) is 0 Å². The maximum absolute atomic E-state index is 10.7. The van der Waals surface area contributed by atoms with Gasteiger partial charge in [-0.2, -0.15) is 0 Å². The first-order valence-corrected chi connectivity index (χ1v) is 4.73. The summed E-state index contributed by atoms with van der Waals surface area (Å²) in [5.41, 5.74) is 2.07. The van der Waals surface area contributed by atoms with Crippen molar-refractivity contribution in [1.29, 1.82) is 0 Å². The average Bonchev–Trinajstić information content (AvgIpc) is 2.30. The second kappa shape index (κ2) is 3.27. The van der Waals surface area contributed by atoms with Gasteiger partial charge in [0.15, 0.2) is 0 Å². The Kier molecular flexibility index (Phi) is 2.52. The summed E-state index contributed by atoms with van der Waals surface area (Å²) in [5, 5.41) is 10.7. The Hall–Kier alpha value is -0.830. The summed E-state index contributed by atoms with van der Waals surface area (Å²) >= 11 is 1.31. The van der Waals surface area contributed by atoms with E-state index < -0.39 is 5.97 Å². The smallest absolute Gasteiger partial charge is 0.346 e. The van der Waals surface area contributed by atoms with E-state index in [0.29, 0.717) is 10.8 Å². The first-order valence-electron chi connectivity index (χ1n) is 3.85. The maximum atomic E-state index is 10.7. The molecule has 0 atom stereocenters. The topological polar surface area (TPSA) is 37.3 Å². The lowest BCUT2D eigenvalue weighted by Crippen LogP contribution is -2.00. The van der Waals surface area contributed by atoms with Crippen LogP contribution in [0.1, 0.15) is 40.6 Å². The number of thiophene rings is 1. The summed E-state index contributed by atoms with van der Waals surface area (Å²) < 4.78 is 0. The Morgan fingerprint density at radius 3 is 2.50 bits per heavy atom. The Morgan fingerprint density at radius 1 is 1.58 bits per heavy atom. The van der Waals surface area contributed by atoms with Crippen molar-refractivity contribution >= 4 is 17.3 Å². The summed E-state index contributed by atoms with van der Waals surface area (Å²) in [6.45, 7) is 5.99. The monoisotopic (exact) mass is 184 g/mol.